The number of nitro benzene ring substituents is 2. The average molecular weight is 574 g/mol. The number of nitrogens with zero attached hydrogens (tertiary/aromatic N) is 3. The van der Waals surface area contributed by atoms with Gasteiger partial charge >= 0.3 is 6.09 Å². The monoisotopic (exact) mass is 573 g/mol. The number of rotatable bonds is 12. The van der Waals surface area contributed by atoms with E-state index >= 15 is 0 Å². The first-order valence-corrected chi connectivity index (χ1v) is 13.9. The molecule has 0 radical (unpaired) electrons. The van der Waals surface area contributed by atoms with Gasteiger partial charge in [-0.05, 0) is 32.9 Å². The van der Waals surface area contributed by atoms with Crippen LogP contribution in [0.4, 0.5) is 16.2 Å². The molecule has 2 rings (SSSR count). The van der Waals surface area contributed by atoms with E-state index in [0.717, 1.165) is 28.6 Å². The first-order valence-electron chi connectivity index (χ1n) is 11.0. The second-order valence-corrected chi connectivity index (χ2v) is 12.3. The van der Waals surface area contributed by atoms with E-state index in [1.807, 2.05) is 0 Å². The molecule has 0 heterocycles. The molecular weight excluding hydrogens is 546 g/mol. The highest BCUT2D eigenvalue weighted by Gasteiger charge is 2.32. The molecule has 0 fully saturated rings. The van der Waals surface area contributed by atoms with Gasteiger partial charge in [-0.25, -0.2) is 26.4 Å². The molecule has 1 amide bonds. The van der Waals surface area contributed by atoms with Crippen molar-refractivity contribution in [2.45, 2.75) is 36.2 Å². The van der Waals surface area contributed by atoms with Crippen LogP contribution in [0.25, 0.3) is 0 Å². The van der Waals surface area contributed by atoms with E-state index in [2.05, 4.69) is 10.0 Å². The maximum atomic E-state index is 13.3. The van der Waals surface area contributed by atoms with Gasteiger partial charge in [0, 0.05) is 38.3 Å². The fraction of sp³-hybridized carbons (Fsp3) is 0.381. The summed E-state index contributed by atoms with van der Waals surface area (Å²) in [5, 5.41) is 25.0. The molecule has 0 atom stereocenters. The molecule has 0 saturated heterocycles. The maximum Gasteiger partial charge on any atom is 0.407 e. The SMILES string of the molecule is CC(C)(C)OC(=O)NCCN(CCNS(=O)(=O)c1ccccc1[N+](=O)[O-])S(=O)(=O)c1ccccc1[N+](=O)[O-]. The van der Waals surface area contributed by atoms with Crippen LogP contribution in [0, 0.1) is 20.2 Å². The summed E-state index contributed by atoms with van der Waals surface area (Å²) < 4.78 is 60.0. The Morgan fingerprint density at radius 2 is 1.34 bits per heavy atom. The predicted octanol–water partition coefficient (Wildman–Crippen LogP) is 2.00. The molecule has 2 N–H and O–H groups in total. The van der Waals surface area contributed by atoms with E-state index in [1.54, 1.807) is 20.8 Å². The minimum Gasteiger partial charge on any atom is -0.444 e. The number of ether oxygens (including phenoxy) is 1. The second kappa shape index (κ2) is 12.2. The van der Waals surface area contributed by atoms with Gasteiger partial charge < -0.3 is 10.1 Å². The Bertz CT molecular complexity index is 1410. The molecule has 0 spiro atoms. The number of amides is 1. The minimum absolute atomic E-state index is 0.272. The summed E-state index contributed by atoms with van der Waals surface area (Å²) in [7, 11) is -8.99. The van der Waals surface area contributed by atoms with Gasteiger partial charge in [-0.1, -0.05) is 24.3 Å². The summed E-state index contributed by atoms with van der Waals surface area (Å²) >= 11 is 0. The molecule has 38 heavy (non-hydrogen) atoms. The normalized spacial score (nSPS) is 12.2. The van der Waals surface area contributed by atoms with Crippen molar-refractivity contribution in [3.63, 3.8) is 0 Å². The number of nitro groups is 2. The number of para-hydroxylation sites is 2. The molecular formula is C21H27N5O10S2. The van der Waals surface area contributed by atoms with Gasteiger partial charge in [0.25, 0.3) is 11.4 Å². The third-order valence-electron chi connectivity index (χ3n) is 4.71. The van der Waals surface area contributed by atoms with Crippen LogP contribution in [0.15, 0.2) is 58.3 Å². The lowest BCUT2D eigenvalue weighted by molar-refractivity contribution is -0.388. The number of benzene rings is 2. The van der Waals surface area contributed by atoms with Crippen molar-refractivity contribution in [1.82, 2.24) is 14.3 Å². The fourth-order valence-electron chi connectivity index (χ4n) is 3.13. The zero-order valence-corrected chi connectivity index (χ0v) is 22.3. The second-order valence-electron chi connectivity index (χ2n) is 8.68. The molecule has 0 aliphatic carbocycles. The van der Waals surface area contributed by atoms with E-state index in [4.69, 9.17) is 4.74 Å². The quantitative estimate of drug-likeness (QED) is 0.279. The molecule has 0 aromatic heterocycles. The van der Waals surface area contributed by atoms with Crippen molar-refractivity contribution in [1.29, 1.82) is 0 Å². The Morgan fingerprint density at radius 1 is 0.868 bits per heavy atom. The zero-order chi connectivity index (χ0) is 28.7. The molecule has 0 saturated carbocycles. The van der Waals surface area contributed by atoms with Crippen LogP contribution in [-0.2, 0) is 24.8 Å². The van der Waals surface area contributed by atoms with Gasteiger partial charge in [0.15, 0.2) is 9.79 Å². The Morgan fingerprint density at radius 3 is 1.87 bits per heavy atom. The van der Waals surface area contributed by atoms with Gasteiger partial charge in [-0.3, -0.25) is 20.2 Å². The number of hydrogen-bond donors (Lipinski definition) is 2. The van der Waals surface area contributed by atoms with E-state index in [1.165, 1.54) is 24.3 Å². The lowest BCUT2D eigenvalue weighted by atomic mass is 10.2. The largest absolute Gasteiger partial charge is 0.444 e. The highest BCUT2D eigenvalue weighted by molar-refractivity contribution is 7.90. The lowest BCUT2D eigenvalue weighted by Gasteiger charge is -2.23. The lowest BCUT2D eigenvalue weighted by Crippen LogP contribution is -2.43. The number of carbonyl (C=O) groups is 1. The number of alkyl carbamates (subject to hydrolysis) is 1. The van der Waals surface area contributed by atoms with E-state index in [9.17, 15) is 41.9 Å². The summed E-state index contributed by atoms with van der Waals surface area (Å²) in [6, 6.07) is 9.20. The van der Waals surface area contributed by atoms with Crippen molar-refractivity contribution >= 4 is 37.5 Å². The van der Waals surface area contributed by atoms with Gasteiger partial charge in [0.1, 0.15) is 5.60 Å². The molecule has 2 aromatic rings. The molecule has 17 heteroatoms. The maximum absolute atomic E-state index is 13.3. The Balaban J connectivity index is 2.28. The van der Waals surface area contributed by atoms with Crippen molar-refractivity contribution in [2.24, 2.45) is 0 Å². The molecule has 2 aromatic carbocycles. The molecule has 15 nitrogen and oxygen atoms in total. The third-order valence-corrected chi connectivity index (χ3v) is 8.17. The summed E-state index contributed by atoms with van der Waals surface area (Å²) in [4.78, 5) is 31.6. The Hall–Kier alpha value is -3.67. The Kier molecular flexibility index (Phi) is 9.85. The van der Waals surface area contributed by atoms with Crippen LogP contribution in [0.2, 0.25) is 0 Å². The molecule has 0 bridgehead atoms. The van der Waals surface area contributed by atoms with Crippen LogP contribution in [0.3, 0.4) is 0 Å². The minimum atomic E-state index is -4.56. The highest BCUT2D eigenvalue weighted by atomic mass is 32.2. The molecule has 208 valence electrons. The average Bonchev–Trinajstić information content (AvgIpc) is 2.81. The van der Waals surface area contributed by atoms with E-state index < -0.39 is 82.4 Å². The summed E-state index contributed by atoms with van der Waals surface area (Å²) in [5.74, 6) is 0. The standard InChI is InChI=1S/C21H27N5O10S2/c1-21(2,3)36-20(27)22-12-14-24(38(34,35)19-11-7-5-9-17(19)26(30)31)15-13-23-37(32,33)18-10-6-4-8-16(18)25(28)29/h4-11,23H,12-15H2,1-3H3,(H,22,27). The van der Waals surface area contributed by atoms with Crippen molar-refractivity contribution in [3.8, 4) is 0 Å². The van der Waals surface area contributed by atoms with Crippen molar-refractivity contribution < 1.29 is 36.2 Å². The van der Waals surface area contributed by atoms with Gasteiger partial charge in [0.05, 0.1) is 9.85 Å². The van der Waals surface area contributed by atoms with Crippen LogP contribution >= 0.6 is 0 Å². The van der Waals surface area contributed by atoms with E-state index in [0.29, 0.717) is 0 Å². The first kappa shape index (κ1) is 30.6. The molecule has 0 aliphatic rings. The van der Waals surface area contributed by atoms with Crippen LogP contribution in [0.1, 0.15) is 20.8 Å². The number of sulfonamides is 2. The summed E-state index contributed by atoms with van der Waals surface area (Å²) in [6.07, 6.45) is -0.836. The fourth-order valence-corrected chi connectivity index (χ4v) is 5.92. The van der Waals surface area contributed by atoms with Gasteiger partial charge in [-0.15, -0.1) is 0 Å². The van der Waals surface area contributed by atoms with Crippen molar-refractivity contribution in [2.75, 3.05) is 26.2 Å². The molecule has 0 unspecified atom stereocenters. The zero-order valence-electron chi connectivity index (χ0n) is 20.7. The predicted molar refractivity (Wildman–Crippen MR) is 134 cm³/mol. The van der Waals surface area contributed by atoms with E-state index in [-0.39, 0.29) is 6.54 Å². The van der Waals surface area contributed by atoms with Gasteiger partial charge in [-0.2, -0.15) is 4.31 Å². The topological polar surface area (TPSA) is 208 Å². The van der Waals surface area contributed by atoms with Crippen molar-refractivity contribution in [3.05, 3.63) is 68.8 Å². The highest BCUT2D eigenvalue weighted by Crippen LogP contribution is 2.26. The van der Waals surface area contributed by atoms with Gasteiger partial charge in [0.2, 0.25) is 20.0 Å². The number of carbonyl (C=O) groups excluding carboxylic acids is 1. The molecule has 0 aliphatic heterocycles. The van der Waals surface area contributed by atoms with Crippen LogP contribution in [0.5, 0.6) is 0 Å². The smallest absolute Gasteiger partial charge is 0.407 e. The first-order chi connectivity index (χ1) is 17.6. The Labute approximate surface area is 219 Å². The number of nitrogens with one attached hydrogen (secondary N) is 2. The third kappa shape index (κ3) is 8.17. The van der Waals surface area contributed by atoms with Crippen LogP contribution < -0.4 is 10.0 Å². The summed E-state index contributed by atoms with van der Waals surface area (Å²) in [5.41, 5.74) is -2.19. The number of hydrogen-bond acceptors (Lipinski definition) is 10. The van der Waals surface area contributed by atoms with Crippen LogP contribution in [-0.4, -0.2) is 68.9 Å². The summed E-state index contributed by atoms with van der Waals surface area (Å²) in [6.45, 7) is 3.14.